The van der Waals surface area contributed by atoms with Gasteiger partial charge in [0.05, 0.1) is 11.0 Å². The van der Waals surface area contributed by atoms with Gasteiger partial charge in [-0.25, -0.2) is 4.98 Å². The first-order valence-corrected chi connectivity index (χ1v) is 8.23. The Kier molecular flexibility index (Phi) is 3.96. The molecule has 1 heterocycles. The van der Waals surface area contributed by atoms with Crippen molar-refractivity contribution in [1.29, 1.82) is 0 Å². The number of rotatable bonds is 3. The van der Waals surface area contributed by atoms with Gasteiger partial charge in [0.25, 0.3) is 0 Å². The quantitative estimate of drug-likeness (QED) is 0.825. The minimum atomic E-state index is 0.660. The zero-order valence-corrected chi connectivity index (χ0v) is 13.3. The van der Waals surface area contributed by atoms with Gasteiger partial charge in [-0.2, -0.15) is 0 Å². The molecule has 0 aliphatic heterocycles. The number of halogens is 1. The lowest BCUT2D eigenvalue weighted by Crippen LogP contribution is -2.11. The van der Waals surface area contributed by atoms with Gasteiger partial charge in [0, 0.05) is 10.1 Å². The lowest BCUT2D eigenvalue weighted by atomic mass is 9.87. The lowest BCUT2D eigenvalue weighted by molar-refractivity contribution is 0.326. The Morgan fingerprint density at radius 2 is 2.05 bits per heavy atom. The van der Waals surface area contributed by atoms with Crippen LogP contribution in [-0.4, -0.2) is 9.55 Å². The smallest absolute Gasteiger partial charge is 0.201 e. The number of aryl methyl sites for hydroxylation is 1. The molecule has 0 amide bonds. The predicted octanol–water partition coefficient (Wildman–Crippen LogP) is 4.19. The van der Waals surface area contributed by atoms with E-state index >= 15 is 0 Å². The molecule has 3 rings (SSSR count). The highest BCUT2D eigenvalue weighted by Gasteiger charge is 2.15. The van der Waals surface area contributed by atoms with Crippen molar-refractivity contribution in [2.45, 2.75) is 45.1 Å². The van der Waals surface area contributed by atoms with E-state index in [4.69, 9.17) is 5.73 Å². The molecular weight excluding hydrogens is 349 g/mol. The molecule has 1 aliphatic rings. The molecule has 1 fully saturated rings. The molecule has 0 spiro atoms. The molecule has 1 aliphatic carbocycles. The van der Waals surface area contributed by atoms with E-state index in [9.17, 15) is 0 Å². The van der Waals surface area contributed by atoms with Crippen molar-refractivity contribution in [2.24, 2.45) is 5.92 Å². The van der Waals surface area contributed by atoms with Gasteiger partial charge in [0.1, 0.15) is 0 Å². The number of imidazole rings is 1. The van der Waals surface area contributed by atoms with Gasteiger partial charge in [-0.1, -0.05) is 32.1 Å². The Morgan fingerprint density at radius 1 is 1.26 bits per heavy atom. The maximum atomic E-state index is 6.07. The number of nitrogens with zero attached hydrogens (tertiary/aromatic N) is 2. The fraction of sp³-hybridized carbons (Fsp3) is 0.533. The molecule has 0 bridgehead atoms. The van der Waals surface area contributed by atoms with Crippen LogP contribution in [0.4, 0.5) is 5.95 Å². The summed E-state index contributed by atoms with van der Waals surface area (Å²) in [7, 11) is 0. The monoisotopic (exact) mass is 369 g/mol. The number of benzene rings is 1. The highest BCUT2D eigenvalue weighted by molar-refractivity contribution is 14.1. The van der Waals surface area contributed by atoms with Gasteiger partial charge in [0.2, 0.25) is 5.95 Å². The zero-order chi connectivity index (χ0) is 13.2. The van der Waals surface area contributed by atoms with Crippen LogP contribution in [0.5, 0.6) is 0 Å². The van der Waals surface area contributed by atoms with Crippen LogP contribution in [0.2, 0.25) is 0 Å². The Hall–Kier alpha value is -0.780. The van der Waals surface area contributed by atoms with Crippen molar-refractivity contribution < 1.29 is 0 Å². The van der Waals surface area contributed by atoms with Crippen LogP contribution >= 0.6 is 22.6 Å². The summed E-state index contributed by atoms with van der Waals surface area (Å²) >= 11 is 2.32. The molecule has 0 atom stereocenters. The van der Waals surface area contributed by atoms with Crippen LogP contribution in [0.15, 0.2) is 18.2 Å². The minimum Gasteiger partial charge on any atom is -0.369 e. The Morgan fingerprint density at radius 3 is 2.84 bits per heavy atom. The Balaban J connectivity index is 1.78. The van der Waals surface area contributed by atoms with Crippen LogP contribution in [0.3, 0.4) is 0 Å². The summed E-state index contributed by atoms with van der Waals surface area (Å²) in [6, 6.07) is 6.37. The molecule has 0 saturated heterocycles. The number of anilines is 1. The van der Waals surface area contributed by atoms with E-state index in [-0.39, 0.29) is 0 Å². The summed E-state index contributed by atoms with van der Waals surface area (Å²) in [4.78, 5) is 4.47. The lowest BCUT2D eigenvalue weighted by Gasteiger charge is -2.21. The Labute approximate surface area is 127 Å². The largest absolute Gasteiger partial charge is 0.369 e. The van der Waals surface area contributed by atoms with Crippen LogP contribution in [0.1, 0.15) is 38.5 Å². The molecular formula is C15H20IN3. The number of hydrogen-bond acceptors (Lipinski definition) is 2. The number of hydrogen-bond donors (Lipinski definition) is 1. The van der Waals surface area contributed by atoms with E-state index in [1.807, 2.05) is 0 Å². The van der Waals surface area contributed by atoms with Crippen molar-refractivity contribution in [3.05, 3.63) is 21.8 Å². The maximum absolute atomic E-state index is 6.07. The van der Waals surface area contributed by atoms with Crippen molar-refractivity contribution in [2.75, 3.05) is 5.73 Å². The molecule has 3 nitrogen and oxygen atoms in total. The molecule has 102 valence electrons. The van der Waals surface area contributed by atoms with E-state index in [1.165, 1.54) is 47.6 Å². The highest BCUT2D eigenvalue weighted by Crippen LogP contribution is 2.28. The molecule has 1 aromatic heterocycles. The first-order valence-electron chi connectivity index (χ1n) is 7.15. The standard InChI is InChI=1S/C15H20IN3/c16-12-6-7-14-13(10-12)18-15(17)19(14)9-8-11-4-2-1-3-5-11/h6-7,10-11H,1-5,8-9H2,(H2,17,18). The molecule has 2 aromatic rings. The van der Waals surface area contributed by atoms with E-state index in [0.717, 1.165) is 18.0 Å². The summed E-state index contributed by atoms with van der Waals surface area (Å²) in [5.74, 6) is 1.54. The van der Waals surface area contributed by atoms with Crippen LogP contribution in [-0.2, 0) is 6.54 Å². The summed E-state index contributed by atoms with van der Waals surface area (Å²) in [6.45, 7) is 1.01. The highest BCUT2D eigenvalue weighted by atomic mass is 127. The first-order chi connectivity index (χ1) is 9.24. The van der Waals surface area contributed by atoms with Crippen molar-refractivity contribution in [3.8, 4) is 0 Å². The molecule has 2 N–H and O–H groups in total. The second-order valence-corrected chi connectivity index (χ2v) is 6.79. The molecule has 0 unspecified atom stereocenters. The second kappa shape index (κ2) is 5.69. The predicted molar refractivity (Wildman–Crippen MR) is 88.1 cm³/mol. The molecule has 19 heavy (non-hydrogen) atoms. The summed E-state index contributed by atoms with van der Waals surface area (Å²) in [6.07, 6.45) is 8.26. The summed E-state index contributed by atoms with van der Waals surface area (Å²) in [5.41, 5.74) is 8.26. The van der Waals surface area contributed by atoms with Crippen molar-refractivity contribution >= 4 is 39.6 Å². The van der Waals surface area contributed by atoms with E-state index in [0.29, 0.717) is 5.95 Å². The molecule has 0 radical (unpaired) electrons. The molecule has 1 saturated carbocycles. The maximum Gasteiger partial charge on any atom is 0.201 e. The van der Waals surface area contributed by atoms with Gasteiger partial charge in [-0.15, -0.1) is 0 Å². The minimum absolute atomic E-state index is 0.660. The fourth-order valence-electron chi connectivity index (χ4n) is 3.14. The van der Waals surface area contributed by atoms with Crippen LogP contribution < -0.4 is 5.73 Å². The average Bonchev–Trinajstić information content (AvgIpc) is 2.72. The normalized spacial score (nSPS) is 17.1. The second-order valence-electron chi connectivity index (χ2n) is 5.55. The first kappa shape index (κ1) is 13.2. The number of nitrogens with two attached hydrogens (primary N) is 1. The Bertz CT molecular complexity index is 570. The van der Waals surface area contributed by atoms with Crippen molar-refractivity contribution in [1.82, 2.24) is 9.55 Å². The average molecular weight is 369 g/mol. The third-order valence-corrected chi connectivity index (χ3v) is 4.90. The SMILES string of the molecule is Nc1nc2cc(I)ccc2n1CCC1CCCCC1. The van der Waals surface area contributed by atoms with Gasteiger partial charge in [-0.3, -0.25) is 0 Å². The summed E-state index contributed by atoms with van der Waals surface area (Å²) < 4.78 is 3.39. The van der Waals surface area contributed by atoms with Crippen LogP contribution in [0, 0.1) is 9.49 Å². The number of aromatic nitrogens is 2. The third kappa shape index (κ3) is 2.88. The van der Waals surface area contributed by atoms with E-state index < -0.39 is 0 Å². The van der Waals surface area contributed by atoms with Gasteiger partial charge >= 0.3 is 0 Å². The number of fused-ring (bicyclic) bond motifs is 1. The van der Waals surface area contributed by atoms with Crippen LogP contribution in [0.25, 0.3) is 11.0 Å². The van der Waals surface area contributed by atoms with E-state index in [1.54, 1.807) is 0 Å². The van der Waals surface area contributed by atoms with E-state index in [2.05, 4.69) is 50.3 Å². The molecule has 4 heteroatoms. The van der Waals surface area contributed by atoms with Gasteiger partial charge in [0.15, 0.2) is 0 Å². The fourth-order valence-corrected chi connectivity index (χ4v) is 3.62. The van der Waals surface area contributed by atoms with Gasteiger partial charge < -0.3 is 10.3 Å². The summed E-state index contributed by atoms with van der Waals surface area (Å²) in [5, 5.41) is 0. The number of nitrogen functional groups attached to an aromatic ring is 1. The topological polar surface area (TPSA) is 43.8 Å². The third-order valence-electron chi connectivity index (χ3n) is 4.23. The molecule has 1 aromatic carbocycles. The zero-order valence-electron chi connectivity index (χ0n) is 11.1. The van der Waals surface area contributed by atoms with Gasteiger partial charge in [-0.05, 0) is 53.1 Å². The van der Waals surface area contributed by atoms with Crippen molar-refractivity contribution in [3.63, 3.8) is 0 Å².